The van der Waals surface area contributed by atoms with Crippen molar-refractivity contribution < 1.29 is 22.7 Å². The number of phenols is 1. The van der Waals surface area contributed by atoms with Crippen molar-refractivity contribution in [1.82, 2.24) is 0 Å². The quantitative estimate of drug-likeness (QED) is 0.407. The number of benzene rings is 2. The van der Waals surface area contributed by atoms with E-state index >= 15 is 0 Å². The molecule has 0 unspecified atom stereocenters. The van der Waals surface area contributed by atoms with Gasteiger partial charge < -0.3 is 5.11 Å². The molecule has 0 aliphatic heterocycles. The van der Waals surface area contributed by atoms with Gasteiger partial charge in [-0.1, -0.05) is 0 Å². The number of hydrogen-bond donors (Lipinski definition) is 1. The van der Waals surface area contributed by atoms with E-state index in [-0.39, 0.29) is 5.75 Å². The summed E-state index contributed by atoms with van der Waals surface area (Å²) in [5, 5.41) is 8.09. The number of rotatable bonds is 0. The van der Waals surface area contributed by atoms with Crippen LogP contribution in [0.25, 0.3) is 10.8 Å². The molecule has 0 aromatic heterocycles. The van der Waals surface area contributed by atoms with Crippen LogP contribution < -0.4 is 0 Å². The molecule has 0 fully saturated rings. The highest BCUT2D eigenvalue weighted by atomic mass is 19.2. The molecule has 0 saturated carbocycles. The number of halogens is 4. The van der Waals surface area contributed by atoms with Crippen LogP contribution in [0.4, 0.5) is 17.6 Å². The average Bonchev–Trinajstić information content (AvgIpc) is 2.23. The maximum Gasteiger partial charge on any atom is 0.198 e. The lowest BCUT2D eigenvalue weighted by Crippen LogP contribution is -1.97. The molecule has 0 bridgehead atoms. The maximum absolute atomic E-state index is 13.1. The lowest BCUT2D eigenvalue weighted by Gasteiger charge is -2.04. The van der Waals surface area contributed by atoms with E-state index < -0.39 is 34.0 Å². The maximum atomic E-state index is 13.1. The summed E-state index contributed by atoms with van der Waals surface area (Å²) in [4.78, 5) is 0. The van der Waals surface area contributed by atoms with Crippen molar-refractivity contribution in [3.8, 4) is 5.75 Å². The third-order valence-electron chi connectivity index (χ3n) is 2.05. The van der Waals surface area contributed by atoms with Crippen molar-refractivity contribution in [3.05, 3.63) is 41.5 Å². The highest BCUT2D eigenvalue weighted by Crippen LogP contribution is 2.28. The van der Waals surface area contributed by atoms with Crippen molar-refractivity contribution in [1.29, 1.82) is 0 Å². The van der Waals surface area contributed by atoms with Gasteiger partial charge in [-0.3, -0.25) is 0 Å². The predicted octanol–water partition coefficient (Wildman–Crippen LogP) is 3.10. The zero-order valence-corrected chi connectivity index (χ0v) is 7.19. The first kappa shape index (κ1) is 9.76. The lowest BCUT2D eigenvalue weighted by atomic mass is 10.1. The molecule has 2 aromatic rings. The van der Waals surface area contributed by atoms with Gasteiger partial charge in [-0.2, -0.15) is 0 Å². The molecule has 0 amide bonds. The van der Waals surface area contributed by atoms with Crippen molar-refractivity contribution in [2.75, 3.05) is 0 Å². The summed E-state index contributed by atoms with van der Waals surface area (Å²) in [6, 6.07) is 2.87. The van der Waals surface area contributed by atoms with E-state index in [0.29, 0.717) is 0 Å². The Bertz CT molecular complexity index is 551. The Morgan fingerprint density at radius 2 is 1.27 bits per heavy atom. The minimum Gasteiger partial charge on any atom is -0.508 e. The molecule has 0 aliphatic rings. The normalized spacial score (nSPS) is 10.9. The molecule has 2 aromatic carbocycles. The third-order valence-corrected chi connectivity index (χ3v) is 2.05. The lowest BCUT2D eigenvalue weighted by molar-refractivity contribution is 0.417. The van der Waals surface area contributed by atoms with Crippen LogP contribution >= 0.6 is 0 Å². The Labute approximate surface area is 81.6 Å². The first-order valence-electron chi connectivity index (χ1n) is 3.97. The molecular weight excluding hydrogens is 212 g/mol. The Morgan fingerprint density at radius 1 is 0.733 bits per heavy atom. The second kappa shape index (κ2) is 3.12. The molecule has 15 heavy (non-hydrogen) atoms. The van der Waals surface area contributed by atoms with Crippen LogP contribution in [0, 0.1) is 23.3 Å². The van der Waals surface area contributed by atoms with Crippen LogP contribution in [0.5, 0.6) is 5.75 Å². The molecule has 0 atom stereocenters. The number of aromatic hydroxyl groups is 1. The third kappa shape index (κ3) is 1.31. The first-order chi connectivity index (χ1) is 7.02. The van der Waals surface area contributed by atoms with E-state index in [1.54, 1.807) is 0 Å². The van der Waals surface area contributed by atoms with Crippen molar-refractivity contribution >= 4 is 10.8 Å². The van der Waals surface area contributed by atoms with Crippen LogP contribution in [0.15, 0.2) is 18.2 Å². The van der Waals surface area contributed by atoms with E-state index in [0.717, 1.165) is 18.2 Å². The summed E-state index contributed by atoms with van der Waals surface area (Å²) < 4.78 is 51.8. The van der Waals surface area contributed by atoms with Gasteiger partial charge in [-0.25, -0.2) is 17.6 Å². The fraction of sp³-hybridized carbons (Fsp3) is 0. The largest absolute Gasteiger partial charge is 0.508 e. The van der Waals surface area contributed by atoms with Crippen molar-refractivity contribution in [3.63, 3.8) is 0 Å². The van der Waals surface area contributed by atoms with Crippen molar-refractivity contribution in [2.24, 2.45) is 0 Å². The second-order valence-corrected chi connectivity index (χ2v) is 2.99. The SMILES string of the molecule is Oc1ccc2c(F)c(F)c(F)c(F)c2c1. The van der Waals surface area contributed by atoms with Gasteiger partial charge in [0, 0.05) is 10.8 Å². The zero-order valence-electron chi connectivity index (χ0n) is 7.19. The van der Waals surface area contributed by atoms with Gasteiger partial charge in [0.2, 0.25) is 0 Å². The molecule has 1 N–H and O–H groups in total. The summed E-state index contributed by atoms with van der Waals surface area (Å²) in [7, 11) is 0. The molecule has 0 saturated heterocycles. The molecule has 5 heteroatoms. The molecule has 2 rings (SSSR count). The molecule has 1 nitrogen and oxygen atoms in total. The summed E-state index contributed by atoms with van der Waals surface area (Å²) in [6.45, 7) is 0. The van der Waals surface area contributed by atoms with Crippen molar-refractivity contribution in [2.45, 2.75) is 0 Å². The Morgan fingerprint density at radius 3 is 1.87 bits per heavy atom. The highest BCUT2D eigenvalue weighted by molar-refractivity contribution is 5.85. The second-order valence-electron chi connectivity index (χ2n) is 2.99. The summed E-state index contributed by atoms with van der Waals surface area (Å²) in [6.07, 6.45) is 0. The summed E-state index contributed by atoms with van der Waals surface area (Å²) >= 11 is 0. The van der Waals surface area contributed by atoms with Crippen LogP contribution in [0.2, 0.25) is 0 Å². The van der Waals surface area contributed by atoms with Gasteiger partial charge in [0.1, 0.15) is 5.75 Å². The van der Waals surface area contributed by atoms with Crippen LogP contribution in [0.3, 0.4) is 0 Å². The Kier molecular flexibility index (Phi) is 2.03. The van der Waals surface area contributed by atoms with Gasteiger partial charge >= 0.3 is 0 Å². The fourth-order valence-electron chi connectivity index (χ4n) is 1.33. The highest BCUT2D eigenvalue weighted by Gasteiger charge is 2.20. The van der Waals surface area contributed by atoms with Gasteiger partial charge in [-0.15, -0.1) is 0 Å². The van der Waals surface area contributed by atoms with Crippen LogP contribution in [-0.4, -0.2) is 5.11 Å². The monoisotopic (exact) mass is 216 g/mol. The fourth-order valence-corrected chi connectivity index (χ4v) is 1.33. The number of phenolic OH excluding ortho intramolecular Hbond substituents is 1. The number of fused-ring (bicyclic) bond motifs is 1. The van der Waals surface area contributed by atoms with E-state index in [9.17, 15) is 17.6 Å². The first-order valence-corrected chi connectivity index (χ1v) is 3.97. The summed E-state index contributed by atoms with van der Waals surface area (Å²) in [5.74, 6) is -7.08. The predicted molar refractivity (Wildman–Crippen MR) is 45.4 cm³/mol. The van der Waals surface area contributed by atoms with E-state index in [4.69, 9.17) is 5.11 Å². The Balaban J connectivity index is 3.00. The smallest absolute Gasteiger partial charge is 0.198 e. The Hall–Kier alpha value is -1.78. The molecule has 0 heterocycles. The topological polar surface area (TPSA) is 20.2 Å². The van der Waals surface area contributed by atoms with Gasteiger partial charge in [0.25, 0.3) is 0 Å². The molecular formula is C10H4F4O. The van der Waals surface area contributed by atoms with Crippen LogP contribution in [-0.2, 0) is 0 Å². The minimum absolute atomic E-state index is 0.355. The van der Waals surface area contributed by atoms with Crippen LogP contribution in [0.1, 0.15) is 0 Å². The van der Waals surface area contributed by atoms with E-state index in [2.05, 4.69) is 0 Å². The van der Waals surface area contributed by atoms with Gasteiger partial charge in [0.15, 0.2) is 23.3 Å². The molecule has 0 aliphatic carbocycles. The summed E-state index contributed by atoms with van der Waals surface area (Å²) in [5.41, 5.74) is 0. The molecule has 0 radical (unpaired) electrons. The number of hydrogen-bond acceptors (Lipinski definition) is 1. The molecule has 0 spiro atoms. The average molecular weight is 216 g/mol. The van der Waals surface area contributed by atoms with E-state index in [1.807, 2.05) is 0 Å². The van der Waals surface area contributed by atoms with E-state index in [1.165, 1.54) is 0 Å². The standard InChI is InChI=1S/C10H4F4O/c11-7-5-2-1-4(15)3-6(5)8(12)10(14)9(7)13/h1-3,15H. The van der Waals surface area contributed by atoms with Gasteiger partial charge in [-0.05, 0) is 18.2 Å². The minimum atomic E-state index is -1.88. The zero-order chi connectivity index (χ0) is 11.2. The van der Waals surface area contributed by atoms with Gasteiger partial charge in [0.05, 0.1) is 0 Å². The molecule has 78 valence electrons.